The first-order chi connectivity index (χ1) is 26.5. The number of rotatable bonds is 4. The van der Waals surface area contributed by atoms with E-state index in [4.69, 9.17) is 0 Å². The third-order valence-electron chi connectivity index (χ3n) is 12.6. The highest BCUT2D eigenvalue weighted by Gasteiger charge is 2.29. The van der Waals surface area contributed by atoms with Crippen molar-refractivity contribution in [2.24, 2.45) is 5.92 Å². The number of hydrogen-bond acceptors (Lipinski definition) is 0. The van der Waals surface area contributed by atoms with Gasteiger partial charge in [0.15, 0.2) is 0 Å². The van der Waals surface area contributed by atoms with Gasteiger partial charge in [0.25, 0.3) is 0 Å². The maximum absolute atomic E-state index is 2.52. The highest BCUT2D eigenvalue weighted by Crippen LogP contribution is 2.50. The van der Waals surface area contributed by atoms with Crippen LogP contribution in [0.2, 0.25) is 0 Å². The lowest BCUT2D eigenvalue weighted by molar-refractivity contribution is 0.591. The van der Waals surface area contributed by atoms with Crippen LogP contribution in [0.15, 0.2) is 140 Å². The van der Waals surface area contributed by atoms with Gasteiger partial charge in [0.05, 0.1) is 0 Å². The Balaban J connectivity index is 1.38. The minimum Gasteiger partial charge on any atom is -0.0801 e. The van der Waals surface area contributed by atoms with Crippen molar-refractivity contribution >= 4 is 38.4 Å². The Morgan fingerprint density at radius 2 is 1.05 bits per heavy atom. The van der Waals surface area contributed by atoms with Crippen LogP contribution in [0.1, 0.15) is 78.1 Å². The van der Waals surface area contributed by atoms with Crippen LogP contribution < -0.4 is 0 Å². The molecule has 0 bridgehead atoms. The second kappa shape index (κ2) is 13.2. The predicted octanol–water partition coefficient (Wildman–Crippen LogP) is 15.5. The second-order valence-corrected chi connectivity index (χ2v) is 17.1. The monoisotopic (exact) mass is 710 g/mol. The molecule has 8 aromatic rings. The minimum absolute atomic E-state index is 0.00403. The summed E-state index contributed by atoms with van der Waals surface area (Å²) in [5.74, 6) is 0.696. The van der Waals surface area contributed by atoms with Crippen LogP contribution >= 0.6 is 0 Å². The summed E-state index contributed by atoms with van der Waals surface area (Å²) in [5.41, 5.74) is 18.8. The topological polar surface area (TPSA) is 0 Å². The molecule has 0 aliphatic heterocycles. The Morgan fingerprint density at radius 3 is 1.80 bits per heavy atom. The summed E-state index contributed by atoms with van der Waals surface area (Å²) < 4.78 is 0. The molecular weight excluding hydrogens is 661 g/mol. The largest absolute Gasteiger partial charge is 0.0801 e. The summed E-state index contributed by atoms with van der Waals surface area (Å²) in [6.45, 7) is 18.7. The van der Waals surface area contributed by atoms with Crippen molar-refractivity contribution in [1.29, 1.82) is 0 Å². The van der Waals surface area contributed by atoms with Gasteiger partial charge < -0.3 is 0 Å². The molecular formula is C55H50. The normalized spacial score (nSPS) is 15.6. The Kier molecular flexibility index (Phi) is 8.43. The first kappa shape index (κ1) is 35.0. The van der Waals surface area contributed by atoms with Gasteiger partial charge in [-0.2, -0.15) is 0 Å². The van der Waals surface area contributed by atoms with Crippen LogP contribution in [0, 0.1) is 33.6 Å². The number of allylic oxidation sites excluding steroid dienone is 1. The minimum atomic E-state index is -0.00403. The standard InChI is InChI=1S/C55H50/c1-33-25-29-41(45-23-15-18-38-16-9-11-19-43(38)45)36(4)50(33)54-47-22-14-13-21-46(47)53(48-31-28-40(32-49(48)54)55(6,7)8)51-34(2)26-30-42(37(51)5)52-35(3)24-27-39-17-10-12-20-44(39)52/h9-32,35,52H,1-8H3. The lowest BCUT2D eigenvalue weighted by atomic mass is 9.73. The molecule has 270 valence electrons. The summed E-state index contributed by atoms with van der Waals surface area (Å²) in [7, 11) is 0. The lowest BCUT2D eigenvalue weighted by Gasteiger charge is -2.31. The molecule has 0 radical (unpaired) electrons. The molecule has 1 aliphatic rings. The molecule has 0 nitrogen and oxygen atoms in total. The molecule has 9 rings (SSSR count). The van der Waals surface area contributed by atoms with E-state index in [9.17, 15) is 0 Å². The Bertz CT molecular complexity index is 2850. The van der Waals surface area contributed by atoms with Gasteiger partial charge in [0, 0.05) is 5.92 Å². The molecule has 2 atom stereocenters. The molecule has 0 heterocycles. The first-order valence-corrected chi connectivity index (χ1v) is 20.0. The van der Waals surface area contributed by atoms with E-state index >= 15 is 0 Å². The first-order valence-electron chi connectivity index (χ1n) is 20.0. The Morgan fingerprint density at radius 1 is 0.455 bits per heavy atom. The van der Waals surface area contributed by atoms with Crippen LogP contribution in [-0.2, 0) is 5.41 Å². The van der Waals surface area contributed by atoms with Gasteiger partial charge in [-0.15, -0.1) is 0 Å². The van der Waals surface area contributed by atoms with E-state index in [-0.39, 0.29) is 5.41 Å². The molecule has 0 fully saturated rings. The van der Waals surface area contributed by atoms with Crippen molar-refractivity contribution in [3.05, 3.63) is 184 Å². The molecule has 0 saturated heterocycles. The molecule has 0 amide bonds. The van der Waals surface area contributed by atoms with E-state index in [0.717, 1.165) is 0 Å². The maximum Gasteiger partial charge on any atom is 0.0158 e. The van der Waals surface area contributed by atoms with E-state index in [1.54, 1.807) is 0 Å². The number of fused-ring (bicyclic) bond motifs is 4. The van der Waals surface area contributed by atoms with Gasteiger partial charge in [-0.05, 0) is 155 Å². The van der Waals surface area contributed by atoms with E-state index in [1.807, 2.05) is 0 Å². The summed E-state index contributed by atoms with van der Waals surface area (Å²) in [5, 5.41) is 7.82. The fraction of sp³-hybridized carbons (Fsp3) is 0.200. The smallest absolute Gasteiger partial charge is 0.0158 e. The van der Waals surface area contributed by atoms with Crippen LogP contribution in [0.4, 0.5) is 0 Å². The zero-order chi connectivity index (χ0) is 38.2. The molecule has 55 heavy (non-hydrogen) atoms. The van der Waals surface area contributed by atoms with Crippen molar-refractivity contribution in [2.75, 3.05) is 0 Å². The Labute approximate surface area is 327 Å². The lowest BCUT2D eigenvalue weighted by Crippen LogP contribution is -2.16. The summed E-state index contributed by atoms with van der Waals surface area (Å²) in [4.78, 5) is 0. The van der Waals surface area contributed by atoms with Gasteiger partial charge in [0.2, 0.25) is 0 Å². The van der Waals surface area contributed by atoms with Crippen LogP contribution in [0.3, 0.4) is 0 Å². The molecule has 0 spiro atoms. The summed E-state index contributed by atoms with van der Waals surface area (Å²) in [6.07, 6.45) is 4.71. The maximum atomic E-state index is 2.52. The molecule has 1 aliphatic carbocycles. The van der Waals surface area contributed by atoms with Crippen LogP contribution in [-0.4, -0.2) is 0 Å². The van der Waals surface area contributed by atoms with Crippen LogP contribution in [0.25, 0.3) is 71.8 Å². The fourth-order valence-electron chi connectivity index (χ4n) is 9.80. The summed E-state index contributed by atoms with van der Waals surface area (Å²) in [6, 6.07) is 50.5. The van der Waals surface area contributed by atoms with Gasteiger partial charge in [-0.1, -0.05) is 167 Å². The number of aryl methyl sites for hydroxylation is 2. The third-order valence-corrected chi connectivity index (χ3v) is 12.6. The Hall–Kier alpha value is -5.72. The SMILES string of the molecule is Cc1ccc(-c2cccc3ccccc23)c(C)c1-c1c2ccccc2c(-c2c(C)ccc(C3c4ccccc4C=CC3C)c2C)c2ccc(C(C)(C)C)cc12. The van der Waals surface area contributed by atoms with Crippen LogP contribution in [0.5, 0.6) is 0 Å². The number of hydrogen-bond donors (Lipinski definition) is 0. The average Bonchev–Trinajstić information content (AvgIpc) is 3.18. The molecule has 8 aromatic carbocycles. The highest BCUT2D eigenvalue weighted by atomic mass is 14.3. The number of benzene rings is 8. The van der Waals surface area contributed by atoms with E-state index < -0.39 is 0 Å². The zero-order valence-corrected chi connectivity index (χ0v) is 33.5. The van der Waals surface area contributed by atoms with E-state index in [1.165, 1.54) is 110 Å². The van der Waals surface area contributed by atoms with Crippen molar-refractivity contribution in [2.45, 2.75) is 66.7 Å². The molecule has 0 saturated carbocycles. The van der Waals surface area contributed by atoms with E-state index in [0.29, 0.717) is 11.8 Å². The van der Waals surface area contributed by atoms with Gasteiger partial charge in [-0.3, -0.25) is 0 Å². The van der Waals surface area contributed by atoms with Crippen molar-refractivity contribution < 1.29 is 0 Å². The van der Waals surface area contributed by atoms with Crippen molar-refractivity contribution in [1.82, 2.24) is 0 Å². The molecule has 2 unspecified atom stereocenters. The van der Waals surface area contributed by atoms with Gasteiger partial charge in [0.1, 0.15) is 0 Å². The molecule has 0 aromatic heterocycles. The predicted molar refractivity (Wildman–Crippen MR) is 239 cm³/mol. The van der Waals surface area contributed by atoms with E-state index in [2.05, 4.69) is 201 Å². The second-order valence-electron chi connectivity index (χ2n) is 17.1. The fourth-order valence-corrected chi connectivity index (χ4v) is 9.80. The summed E-state index contributed by atoms with van der Waals surface area (Å²) >= 11 is 0. The zero-order valence-electron chi connectivity index (χ0n) is 33.5. The quantitative estimate of drug-likeness (QED) is 0.160. The third kappa shape index (κ3) is 5.65. The van der Waals surface area contributed by atoms with Crippen molar-refractivity contribution in [3.8, 4) is 33.4 Å². The highest BCUT2D eigenvalue weighted by molar-refractivity contribution is 6.23. The van der Waals surface area contributed by atoms with Gasteiger partial charge in [-0.25, -0.2) is 0 Å². The van der Waals surface area contributed by atoms with Gasteiger partial charge >= 0.3 is 0 Å². The average molecular weight is 711 g/mol. The van der Waals surface area contributed by atoms with Crippen molar-refractivity contribution in [3.63, 3.8) is 0 Å². The molecule has 0 heteroatoms. The molecule has 0 N–H and O–H groups in total.